The second-order valence-corrected chi connectivity index (χ2v) is 11.0. The summed E-state index contributed by atoms with van der Waals surface area (Å²) in [7, 11) is 0. The van der Waals surface area contributed by atoms with Crippen molar-refractivity contribution < 1.29 is 18.3 Å². The quantitative estimate of drug-likeness (QED) is 0.583. The second kappa shape index (κ2) is 9.16. The normalized spacial score (nSPS) is 28.9. The molecule has 0 radical (unpaired) electrons. The number of fused-ring (bicyclic) bond motifs is 3. The highest BCUT2D eigenvalue weighted by Crippen LogP contribution is 2.40. The molecule has 0 spiro atoms. The summed E-state index contributed by atoms with van der Waals surface area (Å²) >= 11 is 6.42. The monoisotopic (exact) mass is 530 g/mol. The third-order valence-corrected chi connectivity index (χ3v) is 8.07. The molecule has 11 heteroatoms. The SMILES string of the molecule is C[C@@H]1CN(c2ncc(Cl)c(Nc3ccc4c(c3)C3=N[C@@H](C5CC5)CCOC3C(=O)N4)n2)C[C@H](C)C1(F)F. The largest absolute Gasteiger partial charge is 0.362 e. The molecule has 0 bridgehead atoms. The fourth-order valence-electron chi connectivity index (χ4n) is 5.43. The van der Waals surface area contributed by atoms with E-state index in [0.29, 0.717) is 46.4 Å². The molecule has 6 rings (SSSR count). The van der Waals surface area contributed by atoms with E-state index in [1.165, 1.54) is 6.20 Å². The molecule has 37 heavy (non-hydrogen) atoms. The van der Waals surface area contributed by atoms with E-state index in [0.717, 1.165) is 24.8 Å². The van der Waals surface area contributed by atoms with Crippen LogP contribution in [0.15, 0.2) is 29.4 Å². The van der Waals surface area contributed by atoms with Crippen molar-refractivity contribution in [3.8, 4) is 0 Å². The van der Waals surface area contributed by atoms with Gasteiger partial charge in [-0.15, -0.1) is 0 Å². The smallest absolute Gasteiger partial charge is 0.259 e. The first-order chi connectivity index (χ1) is 17.7. The predicted octanol–water partition coefficient (Wildman–Crippen LogP) is 4.91. The van der Waals surface area contributed by atoms with Gasteiger partial charge in [0.2, 0.25) is 5.95 Å². The number of amides is 1. The average molecular weight is 531 g/mol. The van der Waals surface area contributed by atoms with Crippen LogP contribution in [0, 0.1) is 17.8 Å². The van der Waals surface area contributed by atoms with Crippen LogP contribution in [0.3, 0.4) is 0 Å². The van der Waals surface area contributed by atoms with Crippen molar-refractivity contribution in [1.29, 1.82) is 0 Å². The molecule has 1 unspecified atom stereocenters. The van der Waals surface area contributed by atoms with Crippen LogP contribution in [0.5, 0.6) is 0 Å². The number of nitrogens with zero attached hydrogens (tertiary/aromatic N) is 4. The molecule has 1 aromatic heterocycles. The Bertz CT molecular complexity index is 1260. The number of hydrogen-bond donors (Lipinski definition) is 2. The summed E-state index contributed by atoms with van der Waals surface area (Å²) in [5, 5.41) is 6.47. The molecular weight excluding hydrogens is 502 g/mol. The van der Waals surface area contributed by atoms with E-state index in [1.54, 1.807) is 18.7 Å². The highest BCUT2D eigenvalue weighted by Gasteiger charge is 2.47. The first-order valence-electron chi connectivity index (χ1n) is 12.8. The Morgan fingerprint density at radius 3 is 2.68 bits per heavy atom. The van der Waals surface area contributed by atoms with E-state index in [-0.39, 0.29) is 25.0 Å². The standard InChI is InChI=1S/C26H29ClF2N6O2/c1-13-11-35(12-14(2)26(13,28)29)25-30-10-18(27)23(34-25)31-16-5-6-20-17(9-16)21-22(24(36)33-20)37-8-7-19(32-21)15-3-4-15/h5-6,9-10,13-15,19,22H,3-4,7-8,11-12H2,1-2H3,(H,33,36)(H,30,31,34)/t13-,14+,19-,22?/m1/s1. The molecule has 8 nitrogen and oxygen atoms in total. The molecule has 196 valence electrons. The van der Waals surface area contributed by atoms with E-state index in [1.807, 2.05) is 18.2 Å². The van der Waals surface area contributed by atoms with E-state index in [4.69, 9.17) is 21.3 Å². The van der Waals surface area contributed by atoms with Gasteiger partial charge in [-0.05, 0) is 43.4 Å². The summed E-state index contributed by atoms with van der Waals surface area (Å²) in [5.74, 6) is -3.31. The highest BCUT2D eigenvalue weighted by atomic mass is 35.5. The number of aromatic nitrogens is 2. The van der Waals surface area contributed by atoms with Gasteiger partial charge in [-0.1, -0.05) is 25.4 Å². The lowest BCUT2D eigenvalue weighted by Gasteiger charge is -2.41. The third-order valence-electron chi connectivity index (χ3n) is 7.79. The fourth-order valence-corrected chi connectivity index (χ4v) is 5.57. The van der Waals surface area contributed by atoms with Crippen molar-refractivity contribution in [2.75, 3.05) is 35.2 Å². The molecule has 1 saturated carbocycles. The fraction of sp³-hybridized carbons (Fsp3) is 0.538. The van der Waals surface area contributed by atoms with Gasteiger partial charge in [0, 0.05) is 36.2 Å². The summed E-state index contributed by atoms with van der Waals surface area (Å²) in [6.07, 6.45) is 3.87. The Balaban J connectivity index is 1.29. The van der Waals surface area contributed by atoms with Crippen LogP contribution in [-0.2, 0) is 9.53 Å². The Hall–Kier alpha value is -2.85. The summed E-state index contributed by atoms with van der Waals surface area (Å²) in [6.45, 7) is 3.90. The molecule has 4 atom stereocenters. The Kier molecular flexibility index (Phi) is 6.06. The molecule has 1 amide bonds. The van der Waals surface area contributed by atoms with E-state index in [2.05, 4.69) is 20.6 Å². The number of carbonyl (C=O) groups is 1. The maximum atomic E-state index is 14.3. The topological polar surface area (TPSA) is 91.7 Å². The lowest BCUT2D eigenvalue weighted by molar-refractivity contribution is -0.123. The van der Waals surface area contributed by atoms with Crippen LogP contribution in [0.1, 0.15) is 38.7 Å². The number of aliphatic imine (C=N–C) groups is 1. The Morgan fingerprint density at radius 2 is 1.95 bits per heavy atom. The van der Waals surface area contributed by atoms with E-state index >= 15 is 0 Å². The zero-order chi connectivity index (χ0) is 25.9. The zero-order valence-corrected chi connectivity index (χ0v) is 21.4. The van der Waals surface area contributed by atoms with Gasteiger partial charge < -0.3 is 20.3 Å². The van der Waals surface area contributed by atoms with Crippen LogP contribution >= 0.6 is 11.6 Å². The number of nitrogens with one attached hydrogen (secondary N) is 2. The average Bonchev–Trinajstić information content (AvgIpc) is 3.71. The number of ether oxygens (including phenoxy) is 1. The number of benzene rings is 1. The van der Waals surface area contributed by atoms with Crippen LogP contribution in [0.4, 0.5) is 31.9 Å². The molecule has 4 aliphatic rings. The van der Waals surface area contributed by atoms with Gasteiger partial charge in [-0.3, -0.25) is 9.79 Å². The minimum Gasteiger partial charge on any atom is -0.362 e. The lowest BCUT2D eigenvalue weighted by atomic mass is 9.87. The summed E-state index contributed by atoms with van der Waals surface area (Å²) in [6, 6.07) is 5.70. The minimum atomic E-state index is -2.73. The molecule has 2 N–H and O–H groups in total. The summed E-state index contributed by atoms with van der Waals surface area (Å²) in [4.78, 5) is 28.4. The van der Waals surface area contributed by atoms with Crippen LogP contribution in [0.25, 0.3) is 0 Å². The van der Waals surface area contributed by atoms with Crippen molar-refractivity contribution in [2.24, 2.45) is 22.7 Å². The molecule has 2 fully saturated rings. The number of piperidine rings is 1. The van der Waals surface area contributed by atoms with Gasteiger partial charge in [0.05, 0.1) is 30.2 Å². The number of halogens is 3. The molecule has 4 heterocycles. The van der Waals surface area contributed by atoms with E-state index < -0.39 is 23.9 Å². The van der Waals surface area contributed by atoms with Gasteiger partial charge in [-0.2, -0.15) is 4.98 Å². The van der Waals surface area contributed by atoms with Crippen molar-refractivity contribution in [3.63, 3.8) is 0 Å². The van der Waals surface area contributed by atoms with Crippen LogP contribution in [0.2, 0.25) is 5.02 Å². The van der Waals surface area contributed by atoms with E-state index in [9.17, 15) is 13.6 Å². The number of alkyl halides is 2. The van der Waals surface area contributed by atoms with Crippen molar-refractivity contribution >= 4 is 46.4 Å². The molecular formula is C26H29ClF2N6O2. The van der Waals surface area contributed by atoms with Crippen molar-refractivity contribution in [1.82, 2.24) is 9.97 Å². The highest BCUT2D eigenvalue weighted by molar-refractivity contribution is 6.33. The predicted molar refractivity (Wildman–Crippen MR) is 138 cm³/mol. The maximum Gasteiger partial charge on any atom is 0.259 e. The van der Waals surface area contributed by atoms with Crippen molar-refractivity contribution in [3.05, 3.63) is 35.0 Å². The van der Waals surface area contributed by atoms with Gasteiger partial charge in [-0.25, -0.2) is 13.8 Å². The van der Waals surface area contributed by atoms with Crippen LogP contribution < -0.4 is 15.5 Å². The van der Waals surface area contributed by atoms with Gasteiger partial charge in [0.25, 0.3) is 11.8 Å². The van der Waals surface area contributed by atoms with Crippen molar-refractivity contribution in [2.45, 2.75) is 51.2 Å². The molecule has 1 saturated heterocycles. The van der Waals surface area contributed by atoms with Crippen LogP contribution in [-0.4, -0.2) is 59.4 Å². The molecule has 2 aromatic rings. The first kappa shape index (κ1) is 24.5. The van der Waals surface area contributed by atoms with Gasteiger partial charge in [0.1, 0.15) is 5.02 Å². The third kappa shape index (κ3) is 4.54. The number of carbonyl (C=O) groups excluding carboxylic acids is 1. The Labute approximate surface area is 218 Å². The summed E-state index contributed by atoms with van der Waals surface area (Å²) < 4.78 is 34.6. The number of anilines is 4. The molecule has 1 aliphatic carbocycles. The summed E-state index contributed by atoms with van der Waals surface area (Å²) in [5.41, 5.74) is 2.83. The second-order valence-electron chi connectivity index (χ2n) is 10.6. The maximum absolute atomic E-state index is 14.3. The first-order valence-corrected chi connectivity index (χ1v) is 13.2. The number of rotatable bonds is 4. The molecule has 1 aromatic carbocycles. The molecule has 3 aliphatic heterocycles. The minimum absolute atomic E-state index is 0.153. The Morgan fingerprint density at radius 1 is 1.19 bits per heavy atom. The number of hydrogen-bond acceptors (Lipinski definition) is 7. The lowest BCUT2D eigenvalue weighted by Crippen LogP contribution is -2.52. The van der Waals surface area contributed by atoms with Gasteiger partial charge in [0.15, 0.2) is 11.9 Å². The van der Waals surface area contributed by atoms with Gasteiger partial charge >= 0.3 is 0 Å². The zero-order valence-electron chi connectivity index (χ0n) is 20.7.